The minimum absolute atomic E-state index is 0.122. The normalized spacial score (nSPS) is 12.9. The Morgan fingerprint density at radius 1 is 0.160 bits per heavy atom. The smallest absolute Gasteiger partial charge is 0.259 e. The molecule has 0 heterocycles. The van der Waals surface area contributed by atoms with Crippen molar-refractivity contribution >= 4 is 47.3 Å². The van der Waals surface area contributed by atoms with E-state index in [4.69, 9.17) is 37.9 Å². The van der Waals surface area contributed by atoms with Crippen LogP contribution in [0.15, 0.2) is 97.1 Å². The summed E-state index contributed by atoms with van der Waals surface area (Å²) in [5.41, 5.74) is 14.2. The Hall–Kier alpha value is -12.1. The molecule has 0 unspecified atom stereocenters. The van der Waals surface area contributed by atoms with E-state index in [1.165, 1.54) is 39.2 Å². The Labute approximate surface area is 860 Å². The molecular weight excluding hydrogens is 1810 g/mol. The zero-order chi connectivity index (χ0) is 108. The van der Waals surface area contributed by atoms with Crippen LogP contribution in [0.3, 0.4) is 0 Å². The maximum atomic E-state index is 14.5. The van der Waals surface area contributed by atoms with Gasteiger partial charge in [0.25, 0.3) is 47.3 Å². The summed E-state index contributed by atoms with van der Waals surface area (Å²) in [5, 5.41) is 0. The first kappa shape index (κ1) is 115. The standard InChI is InChI=1S/C120H168N8O16/c1-113(2,3)89-49-73-41-75-51-90(114(4,5)6)53-77(106(75)138-66-98(130)122(27)28)43-79-55-92(116(10,11)12)57-81(108(79)140-68-100(132)124(31)32)45-83-59-94(118(16,17)18)61-85(110(83)142-70-102(134)126(35)36)47-87-63-96(120(22,23)24)64-88(112(87)144-72-104(136)128(39)40)48-86-62-95(119(19,20)21)60-84(111(86)143-71-103(135)127(37)38)46-82-58-93(117(13,14)15)56-80(109(82)141-69-101(133)125(33)34)44-78-54-91(115(7,8)9)52-76(107(78)139-67-99(131)123(29)30)42-74(50-89)105(73)137-65-97(129)121(25)26/h49-64H,41-48,65-72H2,1-40H3. The second-order valence-electron chi connectivity index (χ2n) is 49.0. The number of nitrogens with zero attached hydrogens (tertiary/aromatic N) is 8. The van der Waals surface area contributed by atoms with Crippen LogP contribution >= 0.6 is 0 Å². The lowest BCUT2D eigenvalue weighted by Gasteiger charge is -2.29. The minimum atomic E-state index is -0.546. The Morgan fingerprint density at radius 3 is 0.285 bits per heavy atom. The molecule has 8 aromatic carbocycles. The minimum Gasteiger partial charge on any atom is -0.483 e. The van der Waals surface area contributed by atoms with Crippen molar-refractivity contribution < 1.29 is 76.3 Å². The second-order valence-corrected chi connectivity index (χ2v) is 49.0. The number of hydrogen-bond acceptors (Lipinski definition) is 16. The molecule has 0 radical (unpaired) electrons. The topological polar surface area (TPSA) is 236 Å². The van der Waals surface area contributed by atoms with Crippen molar-refractivity contribution in [3.63, 3.8) is 0 Å². The van der Waals surface area contributed by atoms with Crippen molar-refractivity contribution in [3.05, 3.63) is 231 Å². The molecule has 0 aromatic heterocycles. The molecule has 8 amide bonds. The predicted octanol–water partition coefficient (Wildman–Crippen LogP) is 18.8. The van der Waals surface area contributed by atoms with Crippen molar-refractivity contribution in [2.24, 2.45) is 0 Å². The van der Waals surface area contributed by atoms with E-state index >= 15 is 0 Å². The molecule has 0 fully saturated rings. The van der Waals surface area contributed by atoms with Crippen LogP contribution in [0, 0.1) is 0 Å². The van der Waals surface area contributed by atoms with Crippen molar-refractivity contribution in [2.75, 3.05) is 166 Å². The van der Waals surface area contributed by atoms with Crippen molar-refractivity contribution in [2.45, 2.75) is 261 Å². The quantitative estimate of drug-likeness (QED) is 0.0547. The number of fused-ring (bicyclic) bond motifs is 16. The summed E-state index contributed by atoms with van der Waals surface area (Å²) in [6.45, 7) is 48.9. The molecule has 24 nitrogen and oxygen atoms in total. The van der Waals surface area contributed by atoms with Gasteiger partial charge >= 0.3 is 0 Å². The fourth-order valence-electron chi connectivity index (χ4n) is 16.8. The molecule has 1 aliphatic rings. The SMILES string of the molecule is CN(C)C(=O)COc1c2cc(C(C)(C)C)cc1Cc1cc(C(C)(C)C)cc(c1OCC(=O)N(C)C)Cc1cc(C(C)(C)C)cc(c1OCC(=O)N(C)C)Cc1cc(C(C)(C)C)cc(c1OCC(=O)N(C)C)Cc1cc(C(C)(C)C)cc(c1OCC(=O)N(C)C)Cc1cc(C(C)(C)C)cc(c1OCC(=O)N(C)C)Cc1cc(C(C)(C)C)cc(c1OCC(=O)N(C)C)Cc1cc(C(C)(C)C)cc(c1OCC(=O)N(C)C)C2. The molecule has 1 aliphatic carbocycles. The van der Waals surface area contributed by atoms with Crippen LogP contribution in [0.25, 0.3) is 0 Å². The maximum absolute atomic E-state index is 14.5. The Bertz CT molecular complexity index is 4780. The summed E-state index contributed by atoms with van der Waals surface area (Å²) < 4.78 is 57.9. The number of hydrogen-bond donors (Lipinski definition) is 0. The summed E-state index contributed by atoms with van der Waals surface area (Å²) >= 11 is 0. The average Bonchev–Trinajstić information content (AvgIpc) is 0.762. The number of benzene rings is 8. The number of likely N-dealkylation sites (N-methyl/N-ethyl adjacent to an activating group) is 8. The Kier molecular flexibility index (Phi) is 36.6. The van der Waals surface area contributed by atoms with E-state index in [1.54, 1.807) is 113 Å². The molecule has 24 heteroatoms. The third-order valence-electron chi connectivity index (χ3n) is 26.6. The first-order valence-corrected chi connectivity index (χ1v) is 50.2. The molecule has 0 atom stereocenters. The monoisotopic (exact) mass is 1980 g/mol. The van der Waals surface area contributed by atoms with E-state index in [0.717, 1.165) is 44.5 Å². The molecule has 16 bridgehead atoms. The molecule has 784 valence electrons. The van der Waals surface area contributed by atoms with Crippen LogP contribution in [0.2, 0.25) is 0 Å². The maximum Gasteiger partial charge on any atom is 0.259 e. The summed E-state index contributed by atoms with van der Waals surface area (Å²) in [6, 6.07) is 34.4. The van der Waals surface area contributed by atoms with Gasteiger partial charge in [0.1, 0.15) is 46.0 Å². The molecular formula is C120H168N8O16. The van der Waals surface area contributed by atoms with Crippen molar-refractivity contribution in [1.82, 2.24) is 39.2 Å². The van der Waals surface area contributed by atoms with Gasteiger partial charge in [0.2, 0.25) is 0 Å². The van der Waals surface area contributed by atoms with Crippen LogP contribution < -0.4 is 37.9 Å². The highest BCUT2D eigenvalue weighted by atomic mass is 16.5. The van der Waals surface area contributed by atoms with Crippen LogP contribution in [0.4, 0.5) is 0 Å². The third-order valence-corrected chi connectivity index (χ3v) is 26.6. The molecule has 8 aromatic rings. The summed E-state index contributed by atoms with van der Waals surface area (Å²) in [6.07, 6.45) is 0.977. The number of carbonyl (C=O) groups is 8. The van der Waals surface area contributed by atoms with E-state index in [2.05, 4.69) is 263 Å². The predicted molar refractivity (Wildman–Crippen MR) is 577 cm³/mol. The Balaban J connectivity index is 1.61. The lowest BCUT2D eigenvalue weighted by molar-refractivity contribution is -0.131. The van der Waals surface area contributed by atoms with Gasteiger partial charge in [-0.3, -0.25) is 38.4 Å². The molecule has 0 aliphatic heterocycles. The van der Waals surface area contributed by atoms with Gasteiger partial charge in [-0.1, -0.05) is 263 Å². The van der Waals surface area contributed by atoms with E-state index in [1.807, 2.05) is 0 Å². The third kappa shape index (κ3) is 30.1. The average molecular weight is 1980 g/mol. The number of ether oxygens (including phenoxy) is 8. The molecule has 9 rings (SSSR count). The van der Waals surface area contributed by atoms with Crippen molar-refractivity contribution in [3.8, 4) is 46.0 Å². The van der Waals surface area contributed by atoms with Crippen LogP contribution in [0.5, 0.6) is 46.0 Å². The molecule has 0 saturated carbocycles. The number of carbonyl (C=O) groups excluding carboxylic acids is 8. The fraction of sp³-hybridized carbons (Fsp3) is 0.533. The fourth-order valence-corrected chi connectivity index (χ4v) is 16.8. The van der Waals surface area contributed by atoms with E-state index in [9.17, 15) is 38.4 Å². The summed E-state index contributed by atoms with van der Waals surface area (Å²) in [4.78, 5) is 128. The molecule has 0 spiro atoms. The molecule has 0 saturated heterocycles. The first-order chi connectivity index (χ1) is 66.3. The van der Waals surface area contributed by atoms with Gasteiger partial charge in [-0.05, 0) is 177 Å². The van der Waals surface area contributed by atoms with Crippen LogP contribution in [-0.2, 0) is 133 Å². The van der Waals surface area contributed by atoms with Gasteiger partial charge in [0.05, 0.1) is 0 Å². The highest BCUT2D eigenvalue weighted by molar-refractivity contribution is 5.82. The van der Waals surface area contributed by atoms with Gasteiger partial charge < -0.3 is 77.1 Å². The Morgan fingerprint density at radius 2 is 0.229 bits per heavy atom. The lowest BCUT2D eigenvalue weighted by atomic mass is 9.79. The number of amides is 8. The van der Waals surface area contributed by atoms with Gasteiger partial charge in [0.15, 0.2) is 52.9 Å². The van der Waals surface area contributed by atoms with Crippen LogP contribution in [-0.4, -0.2) is 252 Å². The highest BCUT2D eigenvalue weighted by Crippen LogP contribution is 2.49. The van der Waals surface area contributed by atoms with E-state index < -0.39 is 43.3 Å². The first-order valence-electron chi connectivity index (χ1n) is 50.2. The zero-order valence-electron chi connectivity index (χ0n) is 94.7. The lowest BCUT2D eigenvalue weighted by Crippen LogP contribution is -2.29. The van der Waals surface area contributed by atoms with Crippen LogP contribution in [0.1, 0.15) is 300 Å². The van der Waals surface area contributed by atoms with E-state index in [0.29, 0.717) is 135 Å². The second kappa shape index (κ2) is 45.7. The van der Waals surface area contributed by atoms with Gasteiger partial charge in [0, 0.05) is 164 Å². The summed E-state index contributed by atoms with van der Waals surface area (Å²) in [5.74, 6) is 0.960. The zero-order valence-corrected chi connectivity index (χ0v) is 94.7. The van der Waals surface area contributed by atoms with Gasteiger partial charge in [-0.25, -0.2) is 0 Å². The molecule has 0 N–H and O–H groups in total. The van der Waals surface area contributed by atoms with Gasteiger partial charge in [-0.15, -0.1) is 0 Å². The summed E-state index contributed by atoms with van der Waals surface area (Å²) in [7, 11) is 27.1. The highest BCUT2D eigenvalue weighted by Gasteiger charge is 2.36. The number of rotatable bonds is 24. The van der Waals surface area contributed by atoms with Crippen molar-refractivity contribution in [1.29, 1.82) is 0 Å². The molecule has 144 heavy (non-hydrogen) atoms. The van der Waals surface area contributed by atoms with Gasteiger partial charge in [-0.2, -0.15) is 0 Å². The largest absolute Gasteiger partial charge is 0.483 e. The van der Waals surface area contributed by atoms with E-state index in [-0.39, 0.29) is 151 Å².